The molecule has 1 aliphatic rings. The Hall–Kier alpha value is -1.20. The monoisotopic (exact) mass is 277 g/mol. The van der Waals surface area contributed by atoms with Crippen molar-refractivity contribution in [2.24, 2.45) is 5.92 Å². The fraction of sp³-hybridized carbons (Fsp3) is 0.417. The van der Waals surface area contributed by atoms with Gasteiger partial charge in [-0.15, -0.1) is 12.4 Å². The lowest BCUT2D eigenvalue weighted by molar-refractivity contribution is -0.145. The summed E-state index contributed by atoms with van der Waals surface area (Å²) in [5.41, 5.74) is 0.354. The van der Waals surface area contributed by atoms with Crippen molar-refractivity contribution in [1.29, 1.82) is 0 Å². The molecule has 0 bridgehead atoms. The molecule has 0 unspecified atom stereocenters. The predicted octanol–water partition coefficient (Wildman–Crippen LogP) is 1.86. The van der Waals surface area contributed by atoms with Crippen LogP contribution in [0.3, 0.4) is 0 Å². The van der Waals surface area contributed by atoms with Gasteiger partial charge in [0.2, 0.25) is 0 Å². The lowest BCUT2D eigenvalue weighted by Crippen LogP contribution is -2.23. The summed E-state index contributed by atoms with van der Waals surface area (Å²) in [6.07, 6.45) is 0. The Morgan fingerprint density at radius 2 is 2.11 bits per heavy atom. The second kappa shape index (κ2) is 6.11. The highest BCUT2D eigenvalue weighted by molar-refractivity contribution is 5.85. The van der Waals surface area contributed by atoms with Crippen LogP contribution in [-0.4, -0.2) is 26.2 Å². The molecule has 2 atom stereocenters. The molecule has 0 spiro atoms. The van der Waals surface area contributed by atoms with Crippen molar-refractivity contribution in [2.45, 2.75) is 5.92 Å². The largest absolute Gasteiger partial charge is 0.469 e. The number of rotatable bonds is 2. The molecule has 18 heavy (non-hydrogen) atoms. The number of carbonyl (C=O) groups excluding carboxylic acids is 1. The van der Waals surface area contributed by atoms with Gasteiger partial charge < -0.3 is 10.1 Å². The van der Waals surface area contributed by atoms with E-state index in [2.05, 4.69) is 10.1 Å². The number of nitrogens with one attached hydrogen (secondary N) is 1. The van der Waals surface area contributed by atoms with E-state index >= 15 is 0 Å². The summed E-state index contributed by atoms with van der Waals surface area (Å²) >= 11 is 0. The summed E-state index contributed by atoms with van der Waals surface area (Å²) in [6, 6.07) is 3.42. The molecule has 3 nitrogen and oxygen atoms in total. The number of halogens is 3. The number of benzene rings is 1. The van der Waals surface area contributed by atoms with E-state index in [0.29, 0.717) is 18.7 Å². The minimum Gasteiger partial charge on any atom is -0.469 e. The zero-order valence-corrected chi connectivity index (χ0v) is 10.6. The van der Waals surface area contributed by atoms with Gasteiger partial charge in [-0.2, -0.15) is 0 Å². The van der Waals surface area contributed by atoms with Crippen LogP contribution < -0.4 is 5.32 Å². The minimum atomic E-state index is -0.619. The fourth-order valence-corrected chi connectivity index (χ4v) is 2.21. The van der Waals surface area contributed by atoms with Crippen molar-refractivity contribution in [3.63, 3.8) is 0 Å². The Morgan fingerprint density at radius 1 is 1.39 bits per heavy atom. The maximum Gasteiger partial charge on any atom is 0.310 e. The molecule has 0 saturated carbocycles. The lowest BCUT2D eigenvalue weighted by atomic mass is 9.88. The molecule has 6 heteroatoms. The molecule has 0 aliphatic carbocycles. The minimum absolute atomic E-state index is 0. The number of esters is 1. The van der Waals surface area contributed by atoms with Crippen LogP contribution in [0.25, 0.3) is 0 Å². The first-order valence-electron chi connectivity index (χ1n) is 5.37. The molecule has 1 saturated heterocycles. The molecular formula is C12H14ClF2NO2. The van der Waals surface area contributed by atoms with Crippen LogP contribution in [0.5, 0.6) is 0 Å². The van der Waals surface area contributed by atoms with E-state index in [9.17, 15) is 13.6 Å². The van der Waals surface area contributed by atoms with Crippen LogP contribution in [0.1, 0.15) is 11.5 Å². The van der Waals surface area contributed by atoms with Crippen molar-refractivity contribution < 1.29 is 18.3 Å². The Balaban J connectivity index is 0.00000162. The van der Waals surface area contributed by atoms with Crippen molar-refractivity contribution in [3.05, 3.63) is 35.4 Å². The second-order valence-corrected chi connectivity index (χ2v) is 4.06. The molecule has 0 amide bonds. The summed E-state index contributed by atoms with van der Waals surface area (Å²) in [4.78, 5) is 11.5. The third-order valence-corrected chi connectivity index (χ3v) is 3.08. The Kier molecular flexibility index (Phi) is 5.04. The first kappa shape index (κ1) is 14.9. The van der Waals surface area contributed by atoms with Crippen molar-refractivity contribution >= 4 is 18.4 Å². The molecule has 1 N–H and O–H groups in total. The van der Waals surface area contributed by atoms with E-state index < -0.39 is 17.6 Å². The number of carbonyl (C=O) groups is 1. The third kappa shape index (κ3) is 2.79. The highest BCUT2D eigenvalue weighted by Gasteiger charge is 2.36. The van der Waals surface area contributed by atoms with Crippen LogP contribution in [0, 0.1) is 17.6 Å². The molecule has 1 fully saturated rings. The van der Waals surface area contributed by atoms with Gasteiger partial charge in [0.15, 0.2) is 0 Å². The van der Waals surface area contributed by atoms with Crippen molar-refractivity contribution in [1.82, 2.24) is 5.32 Å². The highest BCUT2D eigenvalue weighted by atomic mass is 35.5. The normalized spacial score (nSPS) is 22.4. The zero-order chi connectivity index (χ0) is 12.4. The molecule has 0 aromatic heterocycles. The Labute approximate surface area is 110 Å². The molecule has 1 aromatic rings. The van der Waals surface area contributed by atoms with Gasteiger partial charge in [-0.25, -0.2) is 8.78 Å². The van der Waals surface area contributed by atoms with Crippen LogP contribution in [0.15, 0.2) is 18.2 Å². The summed E-state index contributed by atoms with van der Waals surface area (Å²) in [7, 11) is 1.30. The number of hydrogen-bond donors (Lipinski definition) is 1. The Morgan fingerprint density at radius 3 is 2.72 bits per heavy atom. The van der Waals surface area contributed by atoms with Gasteiger partial charge in [-0.3, -0.25) is 4.79 Å². The molecule has 1 heterocycles. The summed E-state index contributed by atoms with van der Waals surface area (Å²) in [5.74, 6) is -2.33. The van der Waals surface area contributed by atoms with E-state index in [1.54, 1.807) is 0 Å². The standard InChI is InChI=1S/C12H13F2NO2.ClH/c1-17-12(16)10-6-15-5-9(10)8-3-2-7(13)4-11(8)14;/h2-4,9-10,15H,5-6H2,1H3;1H/t9-,10-;/m0./s1. The van der Waals surface area contributed by atoms with Gasteiger partial charge in [-0.1, -0.05) is 6.07 Å². The molecule has 100 valence electrons. The molecule has 0 radical (unpaired) electrons. The average molecular weight is 278 g/mol. The van der Waals surface area contributed by atoms with Gasteiger partial charge in [0.1, 0.15) is 11.6 Å². The molecule has 1 aliphatic heterocycles. The predicted molar refractivity (Wildman–Crippen MR) is 64.7 cm³/mol. The van der Waals surface area contributed by atoms with Gasteiger partial charge in [0, 0.05) is 25.1 Å². The smallest absolute Gasteiger partial charge is 0.310 e. The van der Waals surface area contributed by atoms with Crippen LogP contribution >= 0.6 is 12.4 Å². The van der Waals surface area contributed by atoms with E-state index in [0.717, 1.165) is 6.07 Å². The van der Waals surface area contributed by atoms with Gasteiger partial charge in [0.05, 0.1) is 13.0 Å². The molecule has 2 rings (SSSR count). The van der Waals surface area contributed by atoms with E-state index in [-0.39, 0.29) is 24.3 Å². The van der Waals surface area contributed by atoms with Crippen molar-refractivity contribution in [3.8, 4) is 0 Å². The second-order valence-electron chi connectivity index (χ2n) is 4.06. The average Bonchev–Trinajstić information content (AvgIpc) is 2.77. The maximum atomic E-state index is 13.6. The van der Waals surface area contributed by atoms with Crippen LogP contribution in [-0.2, 0) is 9.53 Å². The topological polar surface area (TPSA) is 38.3 Å². The highest BCUT2D eigenvalue weighted by Crippen LogP contribution is 2.30. The first-order valence-corrected chi connectivity index (χ1v) is 5.37. The number of hydrogen-bond acceptors (Lipinski definition) is 3. The third-order valence-electron chi connectivity index (χ3n) is 3.08. The first-order chi connectivity index (χ1) is 8.13. The van der Waals surface area contributed by atoms with Gasteiger partial charge in [0.25, 0.3) is 0 Å². The van der Waals surface area contributed by atoms with Gasteiger partial charge >= 0.3 is 5.97 Å². The van der Waals surface area contributed by atoms with E-state index in [1.165, 1.54) is 19.2 Å². The lowest BCUT2D eigenvalue weighted by Gasteiger charge is -2.17. The maximum absolute atomic E-state index is 13.6. The SMILES string of the molecule is COC(=O)[C@H]1CNC[C@H]1c1ccc(F)cc1F.Cl. The van der Waals surface area contributed by atoms with Crippen LogP contribution in [0.4, 0.5) is 8.78 Å². The molecule has 1 aromatic carbocycles. The summed E-state index contributed by atoms with van der Waals surface area (Å²) < 4.78 is 31.1. The van der Waals surface area contributed by atoms with Gasteiger partial charge in [-0.05, 0) is 11.6 Å². The van der Waals surface area contributed by atoms with Crippen LogP contribution in [0.2, 0.25) is 0 Å². The number of ether oxygens (including phenoxy) is 1. The van der Waals surface area contributed by atoms with Crippen molar-refractivity contribution in [2.75, 3.05) is 20.2 Å². The van der Waals surface area contributed by atoms with E-state index in [4.69, 9.17) is 0 Å². The summed E-state index contributed by atoms with van der Waals surface area (Å²) in [6.45, 7) is 0.941. The molecular weight excluding hydrogens is 264 g/mol. The summed E-state index contributed by atoms with van der Waals surface area (Å²) in [5, 5.41) is 3.02. The van der Waals surface area contributed by atoms with E-state index in [1.807, 2.05) is 0 Å². The fourth-order valence-electron chi connectivity index (χ4n) is 2.21. The Bertz CT molecular complexity index is 442. The quantitative estimate of drug-likeness (QED) is 0.839. The number of methoxy groups -OCH3 is 1. The zero-order valence-electron chi connectivity index (χ0n) is 9.78.